The molecule has 3 heterocycles. The van der Waals surface area contributed by atoms with Crippen LogP contribution in [0.4, 0.5) is 0 Å². The largest absolute Gasteiger partial charge is 0.378 e. The lowest BCUT2D eigenvalue weighted by Gasteiger charge is -2.38. The van der Waals surface area contributed by atoms with Crippen LogP contribution < -0.4 is 0 Å². The SMILES string of the molecule is CN1CCOCC1C(=O)N1CCC(N(C(=O)C2COCCN2C)C2CC2)C1. The number of carbonyl (C=O) groups is 2. The zero-order valence-corrected chi connectivity index (χ0v) is 16.5. The topological polar surface area (TPSA) is 65.6 Å². The second kappa shape index (κ2) is 8.03. The summed E-state index contributed by atoms with van der Waals surface area (Å²) in [7, 11) is 3.98. The minimum Gasteiger partial charge on any atom is -0.378 e. The summed E-state index contributed by atoms with van der Waals surface area (Å²) in [6.07, 6.45) is 3.02. The second-order valence-electron chi connectivity index (χ2n) is 8.35. The van der Waals surface area contributed by atoms with Crippen LogP contribution in [0.1, 0.15) is 19.3 Å². The number of likely N-dealkylation sites (N-methyl/N-ethyl adjacent to an activating group) is 2. The van der Waals surface area contributed by atoms with Crippen molar-refractivity contribution in [1.82, 2.24) is 19.6 Å². The molecule has 3 unspecified atom stereocenters. The molecular formula is C19H32N4O4. The predicted molar refractivity (Wildman–Crippen MR) is 99.3 cm³/mol. The number of likely N-dealkylation sites (tertiary alicyclic amines) is 1. The maximum absolute atomic E-state index is 13.3. The lowest BCUT2D eigenvalue weighted by Crippen LogP contribution is -2.57. The Hall–Kier alpha value is -1.22. The van der Waals surface area contributed by atoms with E-state index in [1.807, 2.05) is 19.0 Å². The molecule has 3 atom stereocenters. The Morgan fingerprint density at radius 2 is 1.48 bits per heavy atom. The van der Waals surface area contributed by atoms with Crippen LogP contribution in [-0.2, 0) is 19.1 Å². The highest BCUT2D eigenvalue weighted by atomic mass is 16.5. The Bertz CT molecular complexity index is 570. The molecule has 27 heavy (non-hydrogen) atoms. The number of nitrogens with zero attached hydrogens (tertiary/aromatic N) is 4. The van der Waals surface area contributed by atoms with Gasteiger partial charge in [0.1, 0.15) is 12.1 Å². The summed E-state index contributed by atoms with van der Waals surface area (Å²) in [5, 5.41) is 0. The fourth-order valence-electron chi connectivity index (χ4n) is 4.46. The average molecular weight is 380 g/mol. The zero-order chi connectivity index (χ0) is 19.0. The van der Waals surface area contributed by atoms with Gasteiger partial charge in [-0.15, -0.1) is 0 Å². The maximum atomic E-state index is 13.3. The highest BCUT2D eigenvalue weighted by molar-refractivity contribution is 5.84. The van der Waals surface area contributed by atoms with Crippen LogP contribution in [0.5, 0.6) is 0 Å². The molecule has 0 aromatic carbocycles. The molecule has 2 amide bonds. The van der Waals surface area contributed by atoms with E-state index in [1.54, 1.807) is 0 Å². The highest BCUT2D eigenvalue weighted by Gasteiger charge is 2.45. The molecule has 4 fully saturated rings. The van der Waals surface area contributed by atoms with Gasteiger partial charge in [-0.2, -0.15) is 0 Å². The van der Waals surface area contributed by atoms with E-state index in [1.165, 1.54) is 0 Å². The molecule has 0 aromatic heterocycles. The van der Waals surface area contributed by atoms with E-state index in [2.05, 4.69) is 14.7 Å². The van der Waals surface area contributed by atoms with Crippen LogP contribution in [0.25, 0.3) is 0 Å². The summed E-state index contributed by atoms with van der Waals surface area (Å²) in [5.41, 5.74) is 0. The third kappa shape index (κ3) is 3.99. The van der Waals surface area contributed by atoms with Crippen molar-refractivity contribution in [3.05, 3.63) is 0 Å². The smallest absolute Gasteiger partial charge is 0.242 e. The standard InChI is InChI=1S/C19H32N4O4/c1-20-7-9-26-12-16(20)18(24)22-6-5-15(11-22)23(14-3-4-14)19(25)17-13-27-10-8-21(17)2/h14-17H,3-13H2,1-2H3. The lowest BCUT2D eigenvalue weighted by atomic mass is 10.1. The quantitative estimate of drug-likeness (QED) is 0.639. The molecule has 0 aromatic rings. The number of morpholine rings is 2. The van der Waals surface area contributed by atoms with Gasteiger partial charge in [-0.3, -0.25) is 19.4 Å². The Balaban J connectivity index is 1.41. The van der Waals surface area contributed by atoms with Crippen molar-refractivity contribution >= 4 is 11.8 Å². The summed E-state index contributed by atoms with van der Waals surface area (Å²) in [6, 6.07) is 0.0788. The molecule has 0 radical (unpaired) electrons. The number of carbonyl (C=O) groups excluding carboxylic acids is 2. The molecule has 3 saturated heterocycles. The lowest BCUT2D eigenvalue weighted by molar-refractivity contribution is -0.146. The predicted octanol–water partition coefficient (Wildman–Crippen LogP) is -0.760. The Morgan fingerprint density at radius 3 is 2.07 bits per heavy atom. The maximum Gasteiger partial charge on any atom is 0.242 e. The number of hydrogen-bond acceptors (Lipinski definition) is 6. The monoisotopic (exact) mass is 380 g/mol. The van der Waals surface area contributed by atoms with Gasteiger partial charge in [0.15, 0.2) is 0 Å². The van der Waals surface area contributed by atoms with Gasteiger partial charge in [0, 0.05) is 32.2 Å². The van der Waals surface area contributed by atoms with Crippen LogP contribution in [0.2, 0.25) is 0 Å². The normalized spacial score (nSPS) is 33.3. The van der Waals surface area contributed by atoms with Gasteiger partial charge in [0.2, 0.25) is 11.8 Å². The van der Waals surface area contributed by atoms with Crippen LogP contribution in [-0.4, -0.2) is 122 Å². The molecule has 3 aliphatic heterocycles. The van der Waals surface area contributed by atoms with Gasteiger partial charge in [-0.05, 0) is 33.4 Å². The number of hydrogen-bond donors (Lipinski definition) is 0. The van der Waals surface area contributed by atoms with Gasteiger partial charge >= 0.3 is 0 Å². The molecular weight excluding hydrogens is 348 g/mol. The number of ether oxygens (including phenoxy) is 2. The molecule has 1 saturated carbocycles. The highest BCUT2D eigenvalue weighted by Crippen LogP contribution is 2.33. The van der Waals surface area contributed by atoms with Crippen molar-refractivity contribution in [1.29, 1.82) is 0 Å². The van der Waals surface area contributed by atoms with E-state index in [-0.39, 0.29) is 29.9 Å². The van der Waals surface area contributed by atoms with E-state index in [0.29, 0.717) is 39.0 Å². The van der Waals surface area contributed by atoms with Crippen molar-refractivity contribution < 1.29 is 19.1 Å². The summed E-state index contributed by atoms with van der Waals surface area (Å²) in [6.45, 7) is 5.25. The van der Waals surface area contributed by atoms with E-state index in [9.17, 15) is 9.59 Å². The average Bonchev–Trinajstić information content (AvgIpc) is 3.38. The zero-order valence-electron chi connectivity index (χ0n) is 16.5. The molecule has 1 aliphatic carbocycles. The first kappa shape index (κ1) is 19.1. The second-order valence-corrected chi connectivity index (χ2v) is 8.35. The van der Waals surface area contributed by atoms with Crippen molar-refractivity contribution in [3.8, 4) is 0 Å². The Morgan fingerprint density at radius 1 is 0.852 bits per heavy atom. The van der Waals surface area contributed by atoms with Crippen LogP contribution in [0.15, 0.2) is 0 Å². The first-order valence-electron chi connectivity index (χ1n) is 10.2. The van der Waals surface area contributed by atoms with E-state index >= 15 is 0 Å². The molecule has 4 rings (SSSR count). The molecule has 8 nitrogen and oxygen atoms in total. The molecule has 152 valence electrons. The summed E-state index contributed by atoms with van der Waals surface area (Å²) >= 11 is 0. The summed E-state index contributed by atoms with van der Waals surface area (Å²) in [4.78, 5) is 34.4. The molecule has 0 bridgehead atoms. The summed E-state index contributed by atoms with van der Waals surface area (Å²) in [5.74, 6) is 0.318. The van der Waals surface area contributed by atoms with Crippen LogP contribution in [0, 0.1) is 0 Å². The molecule has 0 spiro atoms. The first-order valence-corrected chi connectivity index (χ1v) is 10.2. The van der Waals surface area contributed by atoms with Gasteiger partial charge in [0.25, 0.3) is 0 Å². The molecule has 4 aliphatic rings. The van der Waals surface area contributed by atoms with Crippen molar-refractivity contribution in [2.75, 3.05) is 66.7 Å². The van der Waals surface area contributed by atoms with Gasteiger partial charge in [0.05, 0.1) is 32.5 Å². The minimum absolute atomic E-state index is 0.124. The van der Waals surface area contributed by atoms with Crippen LogP contribution in [0.3, 0.4) is 0 Å². The fraction of sp³-hybridized carbons (Fsp3) is 0.895. The van der Waals surface area contributed by atoms with Crippen molar-refractivity contribution in [2.24, 2.45) is 0 Å². The third-order valence-corrected chi connectivity index (χ3v) is 6.43. The Kier molecular flexibility index (Phi) is 5.68. The fourth-order valence-corrected chi connectivity index (χ4v) is 4.46. The van der Waals surface area contributed by atoms with E-state index < -0.39 is 0 Å². The number of rotatable bonds is 4. The third-order valence-electron chi connectivity index (χ3n) is 6.43. The Labute approximate surface area is 161 Å². The first-order chi connectivity index (χ1) is 13.1. The van der Waals surface area contributed by atoms with Crippen molar-refractivity contribution in [3.63, 3.8) is 0 Å². The van der Waals surface area contributed by atoms with E-state index in [0.717, 1.165) is 38.9 Å². The van der Waals surface area contributed by atoms with Gasteiger partial charge in [-0.1, -0.05) is 0 Å². The van der Waals surface area contributed by atoms with Crippen molar-refractivity contribution in [2.45, 2.75) is 43.4 Å². The van der Waals surface area contributed by atoms with E-state index in [4.69, 9.17) is 9.47 Å². The molecule has 0 N–H and O–H groups in total. The minimum atomic E-state index is -0.194. The van der Waals surface area contributed by atoms with Gasteiger partial charge in [-0.25, -0.2) is 0 Å². The van der Waals surface area contributed by atoms with Gasteiger partial charge < -0.3 is 19.3 Å². The summed E-state index contributed by atoms with van der Waals surface area (Å²) < 4.78 is 11.1. The van der Waals surface area contributed by atoms with Crippen LogP contribution >= 0.6 is 0 Å². The molecule has 8 heteroatoms. The number of amides is 2.